The normalized spacial score (nSPS) is 16.8. The number of nitrogens with one attached hydrogen (secondary N) is 1. The first-order valence-electron chi connectivity index (χ1n) is 4.87. The Labute approximate surface area is 85.0 Å². The lowest BCUT2D eigenvalue weighted by atomic mass is 9.93. The van der Waals surface area contributed by atoms with Gasteiger partial charge in [-0.25, -0.2) is 0 Å². The molecule has 14 heavy (non-hydrogen) atoms. The van der Waals surface area contributed by atoms with Gasteiger partial charge in [0.15, 0.2) is 0 Å². The number of carbonyl (C=O) groups is 2. The molecule has 1 N–H and O–H groups in total. The van der Waals surface area contributed by atoms with E-state index >= 15 is 0 Å². The summed E-state index contributed by atoms with van der Waals surface area (Å²) in [6.45, 7) is 4.07. The molecular formula is C10H19NO3. The van der Waals surface area contributed by atoms with Crippen molar-refractivity contribution in [3.63, 3.8) is 0 Å². The number of amides is 1. The lowest BCUT2D eigenvalue weighted by molar-refractivity contribution is -0.114. The van der Waals surface area contributed by atoms with Crippen molar-refractivity contribution in [2.24, 2.45) is 5.92 Å². The Bertz CT molecular complexity index is 173. The van der Waals surface area contributed by atoms with E-state index in [2.05, 4.69) is 5.32 Å². The first kappa shape index (κ1) is 13.1. The molecule has 0 unspecified atom stereocenters. The van der Waals surface area contributed by atoms with Crippen LogP contribution < -0.4 is 5.32 Å². The highest BCUT2D eigenvalue weighted by atomic mass is 16.5. The second kappa shape index (κ2) is 7.50. The summed E-state index contributed by atoms with van der Waals surface area (Å²) in [5.74, 6) is 0.296. The number of carbonyl (C=O) groups excluding carboxylic acids is 2. The van der Waals surface area contributed by atoms with Crippen LogP contribution in [0.25, 0.3) is 0 Å². The van der Waals surface area contributed by atoms with E-state index in [1.165, 1.54) is 0 Å². The highest BCUT2D eigenvalue weighted by Crippen LogP contribution is 2.14. The maximum atomic E-state index is 10.4. The Morgan fingerprint density at radius 2 is 2.07 bits per heavy atom. The van der Waals surface area contributed by atoms with E-state index in [4.69, 9.17) is 4.74 Å². The molecule has 0 aromatic rings. The lowest BCUT2D eigenvalue weighted by Crippen LogP contribution is -2.45. The average molecular weight is 201 g/mol. The maximum Gasteiger partial charge on any atom is 0.207 e. The van der Waals surface area contributed by atoms with Crippen LogP contribution in [0, 0.1) is 5.92 Å². The minimum atomic E-state index is -0.229. The van der Waals surface area contributed by atoms with Gasteiger partial charge in [0.25, 0.3) is 0 Å². The molecule has 4 heteroatoms. The molecule has 0 fully saturated rings. The van der Waals surface area contributed by atoms with Crippen LogP contribution in [0.15, 0.2) is 0 Å². The van der Waals surface area contributed by atoms with Gasteiger partial charge in [-0.1, -0.05) is 20.3 Å². The summed E-state index contributed by atoms with van der Waals surface area (Å²) in [6, 6.07) is -0.0901. The third kappa shape index (κ3) is 3.87. The van der Waals surface area contributed by atoms with E-state index in [0.717, 1.165) is 12.7 Å². The molecule has 0 aliphatic rings. The topological polar surface area (TPSA) is 55.4 Å². The van der Waals surface area contributed by atoms with Crippen LogP contribution in [0.2, 0.25) is 0 Å². The summed E-state index contributed by atoms with van der Waals surface area (Å²) >= 11 is 0. The molecule has 0 aliphatic carbocycles. The van der Waals surface area contributed by atoms with Crippen molar-refractivity contribution in [2.75, 3.05) is 7.11 Å². The second-order valence-electron chi connectivity index (χ2n) is 3.37. The zero-order valence-electron chi connectivity index (χ0n) is 9.03. The van der Waals surface area contributed by atoms with Gasteiger partial charge in [-0.15, -0.1) is 0 Å². The van der Waals surface area contributed by atoms with Crippen molar-refractivity contribution in [1.82, 2.24) is 5.32 Å². The minimum Gasteiger partial charge on any atom is -0.379 e. The number of rotatable bonds is 8. The molecule has 0 saturated heterocycles. The zero-order valence-corrected chi connectivity index (χ0v) is 9.03. The Hall–Kier alpha value is -0.900. The van der Waals surface area contributed by atoms with Crippen molar-refractivity contribution in [1.29, 1.82) is 0 Å². The highest BCUT2D eigenvalue weighted by molar-refractivity contribution is 5.51. The largest absolute Gasteiger partial charge is 0.379 e. The molecule has 0 aliphatic heterocycles. The van der Waals surface area contributed by atoms with Crippen molar-refractivity contribution in [3.8, 4) is 0 Å². The van der Waals surface area contributed by atoms with Crippen LogP contribution in [0.3, 0.4) is 0 Å². The van der Waals surface area contributed by atoms with Gasteiger partial charge < -0.3 is 14.8 Å². The molecule has 0 bridgehead atoms. The van der Waals surface area contributed by atoms with E-state index in [1.807, 2.05) is 13.8 Å². The molecular weight excluding hydrogens is 182 g/mol. The van der Waals surface area contributed by atoms with Crippen molar-refractivity contribution in [2.45, 2.75) is 38.8 Å². The van der Waals surface area contributed by atoms with E-state index in [1.54, 1.807) is 7.11 Å². The fraction of sp³-hybridized carbons (Fsp3) is 0.800. The Kier molecular flexibility index (Phi) is 7.02. The Morgan fingerprint density at radius 1 is 1.43 bits per heavy atom. The summed E-state index contributed by atoms with van der Waals surface area (Å²) in [4.78, 5) is 20.8. The molecule has 0 heterocycles. The molecule has 82 valence electrons. The van der Waals surface area contributed by atoms with E-state index in [-0.39, 0.29) is 12.1 Å². The first-order valence-corrected chi connectivity index (χ1v) is 4.87. The molecule has 4 nitrogen and oxygen atoms in total. The first-order chi connectivity index (χ1) is 6.71. The van der Waals surface area contributed by atoms with Crippen LogP contribution >= 0.6 is 0 Å². The van der Waals surface area contributed by atoms with E-state index < -0.39 is 0 Å². The van der Waals surface area contributed by atoms with Crippen LogP contribution in [0.1, 0.15) is 26.7 Å². The quantitative estimate of drug-likeness (QED) is 0.590. The van der Waals surface area contributed by atoms with Crippen LogP contribution in [-0.2, 0) is 14.3 Å². The molecule has 0 saturated carbocycles. The van der Waals surface area contributed by atoms with E-state index in [9.17, 15) is 9.59 Å². The monoisotopic (exact) mass is 201 g/mol. The van der Waals surface area contributed by atoms with Gasteiger partial charge in [0.05, 0.1) is 12.1 Å². The molecule has 3 atom stereocenters. The average Bonchev–Trinajstić information content (AvgIpc) is 2.22. The number of ether oxygens (including phenoxy) is 1. The number of hydrogen-bond acceptors (Lipinski definition) is 3. The van der Waals surface area contributed by atoms with Gasteiger partial charge in [0.1, 0.15) is 6.29 Å². The Morgan fingerprint density at radius 3 is 2.43 bits per heavy atom. The van der Waals surface area contributed by atoms with Crippen LogP contribution in [0.4, 0.5) is 0 Å². The molecule has 0 aromatic carbocycles. The summed E-state index contributed by atoms with van der Waals surface area (Å²) in [7, 11) is 1.55. The van der Waals surface area contributed by atoms with Crippen molar-refractivity contribution < 1.29 is 14.3 Å². The van der Waals surface area contributed by atoms with Gasteiger partial charge in [-0.3, -0.25) is 4.79 Å². The SMILES string of the molecule is CC[C@H](C)[C@H](NC=O)[C@@H](CC=O)OC. The summed E-state index contributed by atoms with van der Waals surface area (Å²) < 4.78 is 5.18. The van der Waals surface area contributed by atoms with Crippen LogP contribution in [0.5, 0.6) is 0 Å². The molecule has 1 amide bonds. The van der Waals surface area contributed by atoms with Gasteiger partial charge >= 0.3 is 0 Å². The molecule has 0 aromatic heterocycles. The lowest BCUT2D eigenvalue weighted by Gasteiger charge is -2.28. The van der Waals surface area contributed by atoms with Gasteiger partial charge in [0.2, 0.25) is 6.41 Å². The molecule has 0 radical (unpaired) electrons. The van der Waals surface area contributed by atoms with Crippen LogP contribution in [-0.4, -0.2) is 32.0 Å². The van der Waals surface area contributed by atoms with Gasteiger partial charge in [-0.2, -0.15) is 0 Å². The summed E-state index contributed by atoms with van der Waals surface area (Å²) in [6.07, 6.45) is 2.49. The van der Waals surface area contributed by atoms with E-state index in [0.29, 0.717) is 18.7 Å². The number of methoxy groups -OCH3 is 1. The fourth-order valence-corrected chi connectivity index (χ4v) is 1.45. The standard InChI is InChI=1S/C10H19NO3/c1-4-8(2)10(11-7-13)9(14-3)5-6-12/h6-10H,4-5H2,1-3H3,(H,11,13)/t8-,9+,10-/m0/s1. The minimum absolute atomic E-state index is 0.0901. The third-order valence-corrected chi connectivity index (χ3v) is 2.55. The third-order valence-electron chi connectivity index (χ3n) is 2.55. The van der Waals surface area contributed by atoms with Gasteiger partial charge in [-0.05, 0) is 5.92 Å². The summed E-state index contributed by atoms with van der Waals surface area (Å²) in [5.41, 5.74) is 0. The predicted molar refractivity (Wildman–Crippen MR) is 53.9 cm³/mol. The van der Waals surface area contributed by atoms with Crippen molar-refractivity contribution >= 4 is 12.7 Å². The maximum absolute atomic E-state index is 10.4. The number of hydrogen-bond donors (Lipinski definition) is 1. The Balaban J connectivity index is 4.40. The zero-order chi connectivity index (χ0) is 11.0. The summed E-state index contributed by atoms with van der Waals surface area (Å²) in [5, 5.41) is 2.70. The second-order valence-corrected chi connectivity index (χ2v) is 3.37. The smallest absolute Gasteiger partial charge is 0.207 e. The van der Waals surface area contributed by atoms with Gasteiger partial charge in [0, 0.05) is 13.5 Å². The highest BCUT2D eigenvalue weighted by Gasteiger charge is 2.24. The predicted octanol–water partition coefficient (Wildman–Crippen LogP) is 0.751. The van der Waals surface area contributed by atoms with Crippen molar-refractivity contribution in [3.05, 3.63) is 0 Å². The fourth-order valence-electron chi connectivity index (χ4n) is 1.45. The molecule has 0 rings (SSSR count). The number of aldehydes is 1. The molecule has 0 spiro atoms.